The zero-order valence-corrected chi connectivity index (χ0v) is 8.60. The summed E-state index contributed by atoms with van der Waals surface area (Å²) in [6.45, 7) is 8.93. The summed E-state index contributed by atoms with van der Waals surface area (Å²) in [5.74, 6) is -0.912. The van der Waals surface area contributed by atoms with Crippen LogP contribution in [0.2, 0.25) is 0 Å². The Morgan fingerprint density at radius 1 is 1.33 bits per heavy atom. The Kier molecular flexibility index (Phi) is 5.56. The SMILES string of the molecule is C=CC(=C)C.O=C(O)c1ccc(O)cc1. The summed E-state index contributed by atoms with van der Waals surface area (Å²) in [5, 5.41) is 17.1. The molecule has 0 bridgehead atoms. The molecule has 0 aliphatic rings. The highest BCUT2D eigenvalue weighted by Gasteiger charge is 1.99. The lowest BCUT2D eigenvalue weighted by Gasteiger charge is -1.92. The summed E-state index contributed by atoms with van der Waals surface area (Å²) in [4.78, 5) is 10.2. The van der Waals surface area contributed by atoms with Crippen molar-refractivity contribution >= 4 is 5.97 Å². The third-order valence-electron chi connectivity index (χ3n) is 1.46. The lowest BCUT2D eigenvalue weighted by Crippen LogP contribution is -1.93. The number of aromatic hydroxyl groups is 1. The smallest absolute Gasteiger partial charge is 0.335 e. The van der Waals surface area contributed by atoms with Crippen molar-refractivity contribution < 1.29 is 15.0 Å². The van der Waals surface area contributed by atoms with E-state index in [0.29, 0.717) is 0 Å². The molecule has 0 unspecified atom stereocenters. The Hall–Kier alpha value is -2.03. The van der Waals surface area contributed by atoms with E-state index in [-0.39, 0.29) is 11.3 Å². The summed E-state index contributed by atoms with van der Waals surface area (Å²) in [6.07, 6.45) is 1.72. The number of phenols is 1. The second kappa shape index (κ2) is 6.43. The van der Waals surface area contributed by atoms with Crippen LogP contribution in [-0.2, 0) is 0 Å². The number of allylic oxidation sites excluding steroid dienone is 2. The molecule has 1 rings (SSSR count). The summed E-state index contributed by atoms with van der Waals surface area (Å²) in [6, 6.07) is 5.36. The van der Waals surface area contributed by atoms with Gasteiger partial charge in [0, 0.05) is 0 Å². The van der Waals surface area contributed by atoms with Gasteiger partial charge < -0.3 is 10.2 Å². The summed E-state index contributed by atoms with van der Waals surface area (Å²) in [5.41, 5.74) is 1.20. The maximum atomic E-state index is 10.2. The molecule has 0 fully saturated rings. The molecule has 1 aromatic rings. The van der Waals surface area contributed by atoms with Crippen LogP contribution in [0, 0.1) is 0 Å². The average molecular weight is 206 g/mol. The molecule has 0 saturated heterocycles. The summed E-state index contributed by atoms with van der Waals surface area (Å²) < 4.78 is 0. The van der Waals surface area contributed by atoms with Gasteiger partial charge in [-0.05, 0) is 31.2 Å². The van der Waals surface area contributed by atoms with Crippen LogP contribution in [0.1, 0.15) is 17.3 Å². The fraction of sp³-hybridized carbons (Fsp3) is 0.0833. The molecule has 80 valence electrons. The quantitative estimate of drug-likeness (QED) is 0.731. The van der Waals surface area contributed by atoms with Gasteiger partial charge in [0.25, 0.3) is 0 Å². The van der Waals surface area contributed by atoms with Gasteiger partial charge in [0.1, 0.15) is 5.75 Å². The van der Waals surface area contributed by atoms with Gasteiger partial charge >= 0.3 is 5.97 Å². The van der Waals surface area contributed by atoms with Gasteiger partial charge in [-0.15, -0.1) is 0 Å². The van der Waals surface area contributed by atoms with E-state index in [1.54, 1.807) is 6.08 Å². The van der Waals surface area contributed by atoms with Crippen molar-refractivity contribution in [2.45, 2.75) is 6.92 Å². The zero-order chi connectivity index (χ0) is 11.8. The highest BCUT2D eigenvalue weighted by Crippen LogP contribution is 2.08. The van der Waals surface area contributed by atoms with E-state index < -0.39 is 5.97 Å². The lowest BCUT2D eigenvalue weighted by atomic mass is 10.2. The van der Waals surface area contributed by atoms with E-state index in [4.69, 9.17) is 10.2 Å². The molecule has 0 saturated carbocycles. The number of hydrogen-bond acceptors (Lipinski definition) is 2. The third-order valence-corrected chi connectivity index (χ3v) is 1.46. The first-order valence-corrected chi connectivity index (χ1v) is 4.27. The fourth-order valence-corrected chi connectivity index (χ4v) is 0.604. The van der Waals surface area contributed by atoms with Crippen LogP contribution < -0.4 is 0 Å². The van der Waals surface area contributed by atoms with E-state index in [1.165, 1.54) is 24.3 Å². The van der Waals surface area contributed by atoms with Gasteiger partial charge in [-0.1, -0.05) is 24.8 Å². The standard InChI is InChI=1S/C7H6O3.C5H8/c8-6-3-1-5(2-4-6)7(9)10;1-4-5(2)3/h1-4,8H,(H,9,10);4H,1-2H2,3H3. The normalized spacial score (nSPS) is 8.33. The van der Waals surface area contributed by atoms with Crippen molar-refractivity contribution in [3.63, 3.8) is 0 Å². The first-order chi connectivity index (χ1) is 6.97. The van der Waals surface area contributed by atoms with E-state index in [0.717, 1.165) is 5.57 Å². The second-order valence-corrected chi connectivity index (χ2v) is 2.90. The molecule has 0 aliphatic heterocycles. The van der Waals surface area contributed by atoms with Crippen LogP contribution in [0.5, 0.6) is 5.75 Å². The van der Waals surface area contributed by atoms with E-state index in [1.807, 2.05) is 6.92 Å². The molecule has 0 amide bonds. The Morgan fingerprint density at radius 3 is 2.00 bits per heavy atom. The predicted octanol–water partition coefficient (Wildman–Crippen LogP) is 2.84. The molecule has 0 spiro atoms. The Bertz CT molecular complexity index is 350. The second-order valence-electron chi connectivity index (χ2n) is 2.90. The van der Waals surface area contributed by atoms with Crippen molar-refractivity contribution in [2.75, 3.05) is 0 Å². The summed E-state index contributed by atoms with van der Waals surface area (Å²) in [7, 11) is 0. The molecule has 0 radical (unpaired) electrons. The third kappa shape index (κ3) is 6.10. The molecule has 0 aromatic heterocycles. The lowest BCUT2D eigenvalue weighted by molar-refractivity contribution is 0.0697. The molecule has 3 heteroatoms. The number of hydrogen-bond donors (Lipinski definition) is 2. The molecule has 0 heterocycles. The van der Waals surface area contributed by atoms with Crippen LogP contribution >= 0.6 is 0 Å². The van der Waals surface area contributed by atoms with Gasteiger partial charge in [0.2, 0.25) is 0 Å². The highest BCUT2D eigenvalue weighted by molar-refractivity contribution is 5.87. The maximum Gasteiger partial charge on any atom is 0.335 e. The number of carboxylic acids is 1. The largest absolute Gasteiger partial charge is 0.508 e. The van der Waals surface area contributed by atoms with Crippen LogP contribution in [0.15, 0.2) is 49.1 Å². The predicted molar refractivity (Wildman–Crippen MR) is 60.1 cm³/mol. The minimum atomic E-state index is -0.986. The first kappa shape index (κ1) is 13.0. The van der Waals surface area contributed by atoms with E-state index in [9.17, 15) is 4.79 Å². The molecule has 2 N–H and O–H groups in total. The van der Waals surface area contributed by atoms with Crippen LogP contribution in [0.3, 0.4) is 0 Å². The van der Waals surface area contributed by atoms with Crippen molar-refractivity contribution in [2.24, 2.45) is 0 Å². The maximum absolute atomic E-state index is 10.2. The highest BCUT2D eigenvalue weighted by atomic mass is 16.4. The average Bonchev–Trinajstić information content (AvgIpc) is 2.19. The molecule has 15 heavy (non-hydrogen) atoms. The first-order valence-electron chi connectivity index (χ1n) is 4.27. The van der Waals surface area contributed by atoms with Gasteiger partial charge in [-0.3, -0.25) is 0 Å². The van der Waals surface area contributed by atoms with E-state index in [2.05, 4.69) is 13.2 Å². The topological polar surface area (TPSA) is 57.5 Å². The number of rotatable bonds is 2. The van der Waals surface area contributed by atoms with Crippen LogP contribution in [0.25, 0.3) is 0 Å². The Labute approximate surface area is 89.0 Å². The monoisotopic (exact) mass is 206 g/mol. The number of aromatic carboxylic acids is 1. The minimum absolute atomic E-state index is 0.0741. The van der Waals surface area contributed by atoms with Crippen molar-refractivity contribution in [3.05, 3.63) is 54.6 Å². The number of phenolic OH excluding ortho intramolecular Hbond substituents is 1. The molecule has 3 nitrogen and oxygen atoms in total. The van der Waals surface area contributed by atoms with Crippen LogP contribution in [-0.4, -0.2) is 16.2 Å². The zero-order valence-electron chi connectivity index (χ0n) is 8.60. The van der Waals surface area contributed by atoms with Gasteiger partial charge in [0.05, 0.1) is 5.56 Å². The minimum Gasteiger partial charge on any atom is -0.508 e. The number of carboxylic acid groups (broad SMARTS) is 1. The van der Waals surface area contributed by atoms with Gasteiger partial charge in [0.15, 0.2) is 0 Å². The molecular weight excluding hydrogens is 192 g/mol. The fourth-order valence-electron chi connectivity index (χ4n) is 0.604. The Balaban J connectivity index is 0.000000336. The summed E-state index contributed by atoms with van der Waals surface area (Å²) >= 11 is 0. The molecule has 0 aliphatic carbocycles. The van der Waals surface area contributed by atoms with E-state index >= 15 is 0 Å². The molecule has 1 aromatic carbocycles. The van der Waals surface area contributed by atoms with Gasteiger partial charge in [-0.25, -0.2) is 4.79 Å². The van der Waals surface area contributed by atoms with Gasteiger partial charge in [-0.2, -0.15) is 0 Å². The number of carbonyl (C=O) groups is 1. The Morgan fingerprint density at radius 2 is 1.73 bits per heavy atom. The van der Waals surface area contributed by atoms with Crippen molar-refractivity contribution in [1.82, 2.24) is 0 Å². The molecular formula is C12H14O3. The number of benzene rings is 1. The van der Waals surface area contributed by atoms with Crippen LogP contribution in [0.4, 0.5) is 0 Å². The van der Waals surface area contributed by atoms with Crippen molar-refractivity contribution in [1.29, 1.82) is 0 Å². The van der Waals surface area contributed by atoms with Crippen molar-refractivity contribution in [3.8, 4) is 5.75 Å². The molecule has 0 atom stereocenters.